The van der Waals surface area contributed by atoms with E-state index in [1.807, 2.05) is 0 Å². The van der Waals surface area contributed by atoms with Gasteiger partial charge in [-0.2, -0.15) is 0 Å². The summed E-state index contributed by atoms with van der Waals surface area (Å²) < 4.78 is 22.7. The first-order chi connectivity index (χ1) is 8.89. The number of nitro groups is 1. The van der Waals surface area contributed by atoms with Crippen molar-refractivity contribution in [1.82, 2.24) is 0 Å². The molecule has 0 amide bonds. The number of benzene rings is 1. The second-order valence-corrected chi connectivity index (χ2v) is 7.10. The molecule has 19 heavy (non-hydrogen) atoms. The van der Waals surface area contributed by atoms with Gasteiger partial charge in [0.25, 0.3) is 5.69 Å². The van der Waals surface area contributed by atoms with Crippen molar-refractivity contribution in [1.29, 1.82) is 0 Å². The molecule has 6 nitrogen and oxygen atoms in total. The molecule has 1 saturated heterocycles. The lowest BCUT2D eigenvalue weighted by Gasteiger charge is -2.24. The van der Waals surface area contributed by atoms with E-state index in [0.29, 0.717) is 24.1 Å². The number of nitrogens with zero attached hydrogens (tertiary/aromatic N) is 1. The molecule has 104 valence electrons. The highest BCUT2D eigenvalue weighted by molar-refractivity contribution is 7.91. The van der Waals surface area contributed by atoms with Gasteiger partial charge in [0.2, 0.25) is 0 Å². The SMILES string of the molecule is Cc1cccc(NC2CCS(=O)(=O)CC2)c1[N+](=O)[O-]. The van der Waals surface area contributed by atoms with Gasteiger partial charge in [0.1, 0.15) is 15.5 Å². The molecule has 1 N–H and O–H groups in total. The fourth-order valence-electron chi connectivity index (χ4n) is 2.27. The van der Waals surface area contributed by atoms with Gasteiger partial charge in [-0.15, -0.1) is 0 Å². The summed E-state index contributed by atoms with van der Waals surface area (Å²) in [6.45, 7) is 1.69. The van der Waals surface area contributed by atoms with Crippen LogP contribution in [0.3, 0.4) is 0 Å². The van der Waals surface area contributed by atoms with Gasteiger partial charge in [-0.05, 0) is 25.8 Å². The third-order valence-corrected chi connectivity index (χ3v) is 5.05. The number of para-hydroxylation sites is 1. The van der Waals surface area contributed by atoms with E-state index in [1.54, 1.807) is 25.1 Å². The summed E-state index contributed by atoms with van der Waals surface area (Å²) in [6, 6.07) is 5.08. The summed E-state index contributed by atoms with van der Waals surface area (Å²) in [4.78, 5) is 10.7. The monoisotopic (exact) mass is 284 g/mol. The zero-order valence-electron chi connectivity index (χ0n) is 10.6. The van der Waals surface area contributed by atoms with E-state index >= 15 is 0 Å². The average molecular weight is 284 g/mol. The van der Waals surface area contributed by atoms with E-state index in [-0.39, 0.29) is 23.2 Å². The Morgan fingerprint density at radius 1 is 1.32 bits per heavy atom. The van der Waals surface area contributed by atoms with E-state index in [9.17, 15) is 18.5 Å². The zero-order valence-corrected chi connectivity index (χ0v) is 11.4. The molecule has 7 heteroatoms. The molecule has 1 aromatic rings. The second-order valence-electron chi connectivity index (χ2n) is 4.80. The van der Waals surface area contributed by atoms with E-state index in [1.165, 1.54) is 0 Å². The van der Waals surface area contributed by atoms with Crippen LogP contribution in [0.1, 0.15) is 18.4 Å². The van der Waals surface area contributed by atoms with Crippen LogP contribution in [0.2, 0.25) is 0 Å². The van der Waals surface area contributed by atoms with Crippen LogP contribution >= 0.6 is 0 Å². The molecule has 2 rings (SSSR count). The minimum atomic E-state index is -2.92. The number of sulfone groups is 1. The highest BCUT2D eigenvalue weighted by Gasteiger charge is 2.25. The van der Waals surface area contributed by atoms with Gasteiger partial charge < -0.3 is 5.32 Å². The molecule has 1 fully saturated rings. The minimum absolute atomic E-state index is 0.0241. The van der Waals surface area contributed by atoms with E-state index in [0.717, 1.165) is 0 Å². The lowest BCUT2D eigenvalue weighted by molar-refractivity contribution is -0.384. The fourth-order valence-corrected chi connectivity index (χ4v) is 3.76. The van der Waals surface area contributed by atoms with Crippen LogP contribution in [0.25, 0.3) is 0 Å². The van der Waals surface area contributed by atoms with Crippen molar-refractivity contribution in [2.24, 2.45) is 0 Å². The first-order valence-electron chi connectivity index (χ1n) is 6.10. The van der Waals surface area contributed by atoms with Gasteiger partial charge >= 0.3 is 0 Å². The van der Waals surface area contributed by atoms with Crippen molar-refractivity contribution in [3.8, 4) is 0 Å². The molecule has 1 aromatic carbocycles. The molecule has 0 spiro atoms. The Kier molecular flexibility index (Phi) is 3.75. The van der Waals surface area contributed by atoms with Crippen LogP contribution in [0, 0.1) is 17.0 Å². The normalized spacial score (nSPS) is 19.0. The number of nitro benzene ring substituents is 1. The smallest absolute Gasteiger partial charge is 0.295 e. The Hall–Kier alpha value is -1.63. The molecule has 0 bridgehead atoms. The molecular formula is C12H16N2O4S. The standard InChI is InChI=1S/C12H16N2O4S/c1-9-3-2-4-11(12(9)14(15)16)13-10-5-7-19(17,18)8-6-10/h2-4,10,13H,5-8H2,1H3. The summed E-state index contributed by atoms with van der Waals surface area (Å²) in [5.41, 5.74) is 1.13. The van der Waals surface area contributed by atoms with Gasteiger partial charge in [-0.25, -0.2) is 8.42 Å². The van der Waals surface area contributed by atoms with Gasteiger partial charge in [0, 0.05) is 11.6 Å². The Morgan fingerprint density at radius 3 is 2.53 bits per heavy atom. The molecular weight excluding hydrogens is 268 g/mol. The molecule has 1 aliphatic rings. The van der Waals surface area contributed by atoms with Crippen LogP contribution in [-0.4, -0.2) is 30.9 Å². The minimum Gasteiger partial charge on any atom is -0.377 e. The van der Waals surface area contributed by atoms with E-state index in [2.05, 4.69) is 5.32 Å². The summed E-state index contributed by atoms with van der Waals surface area (Å²) in [5.74, 6) is 0.286. The quantitative estimate of drug-likeness (QED) is 0.676. The average Bonchev–Trinajstić information content (AvgIpc) is 2.31. The Bertz CT molecular complexity index is 584. The van der Waals surface area contributed by atoms with Crippen LogP contribution in [0.15, 0.2) is 18.2 Å². The maximum Gasteiger partial charge on any atom is 0.295 e. The Morgan fingerprint density at radius 2 is 1.95 bits per heavy atom. The molecule has 1 heterocycles. The predicted molar refractivity (Wildman–Crippen MR) is 73.1 cm³/mol. The van der Waals surface area contributed by atoms with Gasteiger partial charge in [-0.1, -0.05) is 12.1 Å². The van der Waals surface area contributed by atoms with Crippen LogP contribution in [0.4, 0.5) is 11.4 Å². The summed E-state index contributed by atoms with van der Waals surface area (Å²) in [6.07, 6.45) is 0.987. The molecule has 0 radical (unpaired) electrons. The summed E-state index contributed by atoms with van der Waals surface area (Å²) >= 11 is 0. The van der Waals surface area contributed by atoms with Crippen LogP contribution in [0.5, 0.6) is 0 Å². The predicted octanol–water partition coefficient (Wildman–Crippen LogP) is 1.89. The largest absolute Gasteiger partial charge is 0.377 e. The van der Waals surface area contributed by atoms with Crippen molar-refractivity contribution in [3.05, 3.63) is 33.9 Å². The van der Waals surface area contributed by atoms with Crippen molar-refractivity contribution < 1.29 is 13.3 Å². The summed E-state index contributed by atoms with van der Waals surface area (Å²) in [7, 11) is -2.92. The van der Waals surface area contributed by atoms with Crippen LogP contribution in [-0.2, 0) is 9.84 Å². The van der Waals surface area contributed by atoms with Gasteiger partial charge in [-0.3, -0.25) is 10.1 Å². The van der Waals surface area contributed by atoms with Crippen molar-refractivity contribution >= 4 is 21.2 Å². The number of hydrogen-bond acceptors (Lipinski definition) is 5. The number of nitrogens with one attached hydrogen (secondary N) is 1. The summed E-state index contributed by atoms with van der Waals surface area (Å²) in [5, 5.41) is 14.2. The van der Waals surface area contributed by atoms with Crippen LogP contribution < -0.4 is 5.32 Å². The maximum atomic E-state index is 11.3. The lowest BCUT2D eigenvalue weighted by Crippen LogP contribution is -2.32. The van der Waals surface area contributed by atoms with Crippen molar-refractivity contribution in [2.45, 2.75) is 25.8 Å². The molecule has 1 aliphatic heterocycles. The third kappa shape index (κ3) is 3.23. The van der Waals surface area contributed by atoms with Gasteiger partial charge in [0.15, 0.2) is 0 Å². The number of hydrogen-bond donors (Lipinski definition) is 1. The molecule has 0 atom stereocenters. The number of rotatable bonds is 3. The molecule has 0 unspecified atom stereocenters. The molecule has 0 aliphatic carbocycles. The molecule has 0 saturated carbocycles. The third-order valence-electron chi connectivity index (χ3n) is 3.33. The fraction of sp³-hybridized carbons (Fsp3) is 0.500. The topological polar surface area (TPSA) is 89.3 Å². The first-order valence-corrected chi connectivity index (χ1v) is 7.92. The lowest BCUT2D eigenvalue weighted by atomic mass is 10.1. The highest BCUT2D eigenvalue weighted by atomic mass is 32.2. The zero-order chi connectivity index (χ0) is 14.0. The van der Waals surface area contributed by atoms with E-state index in [4.69, 9.17) is 0 Å². The van der Waals surface area contributed by atoms with Gasteiger partial charge in [0.05, 0.1) is 16.4 Å². The molecule has 0 aromatic heterocycles. The maximum absolute atomic E-state index is 11.3. The van der Waals surface area contributed by atoms with E-state index < -0.39 is 14.8 Å². The number of aryl methyl sites for hydroxylation is 1. The Labute approximate surface area is 111 Å². The first kappa shape index (κ1) is 13.8. The Balaban J connectivity index is 2.16. The number of anilines is 1. The van der Waals surface area contributed by atoms with Crippen molar-refractivity contribution in [2.75, 3.05) is 16.8 Å². The van der Waals surface area contributed by atoms with Crippen molar-refractivity contribution in [3.63, 3.8) is 0 Å². The highest BCUT2D eigenvalue weighted by Crippen LogP contribution is 2.29. The second kappa shape index (κ2) is 5.16.